The van der Waals surface area contributed by atoms with Gasteiger partial charge in [-0.2, -0.15) is 0 Å². The maximum atomic E-state index is 12.5. The smallest absolute Gasteiger partial charge is 0.253 e. The molecule has 2 heterocycles. The summed E-state index contributed by atoms with van der Waals surface area (Å²) >= 11 is 0. The van der Waals surface area contributed by atoms with Crippen molar-refractivity contribution < 1.29 is 18.5 Å². The van der Waals surface area contributed by atoms with E-state index in [1.54, 1.807) is 48.7 Å². The maximum Gasteiger partial charge on any atom is 0.253 e. The van der Waals surface area contributed by atoms with E-state index in [0.29, 0.717) is 22.7 Å². The van der Waals surface area contributed by atoms with E-state index >= 15 is 0 Å². The minimum Gasteiger partial charge on any atom is -0.467 e. The van der Waals surface area contributed by atoms with Crippen molar-refractivity contribution in [3.63, 3.8) is 0 Å². The van der Waals surface area contributed by atoms with Gasteiger partial charge in [0.15, 0.2) is 0 Å². The molecule has 0 spiro atoms. The minimum absolute atomic E-state index is 0.0525. The number of aryl methyl sites for hydroxylation is 1. The number of hydrogen-bond acceptors (Lipinski definition) is 6. The summed E-state index contributed by atoms with van der Waals surface area (Å²) in [5.41, 5.74) is 3.64. The highest BCUT2D eigenvalue weighted by atomic mass is 16.5. The Kier molecular flexibility index (Phi) is 6.31. The highest BCUT2D eigenvalue weighted by Crippen LogP contribution is 2.22. The fourth-order valence-electron chi connectivity index (χ4n) is 3.06. The summed E-state index contributed by atoms with van der Waals surface area (Å²) in [5.74, 6) is 0.294. The number of rotatable bonds is 8. The first kappa shape index (κ1) is 20.9. The van der Waals surface area contributed by atoms with Gasteiger partial charge in [-0.15, -0.1) is 0 Å². The first-order valence-electron chi connectivity index (χ1n) is 10.1. The number of anilines is 2. The number of hydrogen-bond donors (Lipinski definition) is 3. The SMILES string of the molecule is Cc1ccc(-c2cc(NC(=O)CNc3ccccc3C(=O)NCc3ccco3)on2)cc1. The van der Waals surface area contributed by atoms with Crippen molar-refractivity contribution in [2.75, 3.05) is 17.2 Å². The van der Waals surface area contributed by atoms with Crippen LogP contribution in [0.1, 0.15) is 21.7 Å². The lowest BCUT2D eigenvalue weighted by molar-refractivity contribution is -0.114. The fraction of sp³-hybridized carbons (Fsp3) is 0.125. The van der Waals surface area contributed by atoms with Crippen LogP contribution in [0.25, 0.3) is 11.3 Å². The van der Waals surface area contributed by atoms with Crippen molar-refractivity contribution in [3.05, 3.63) is 89.9 Å². The predicted octanol–water partition coefficient (Wildman–Crippen LogP) is 4.22. The third kappa shape index (κ3) is 5.23. The molecular weight excluding hydrogens is 408 g/mol. The lowest BCUT2D eigenvalue weighted by Crippen LogP contribution is -2.26. The molecule has 0 aliphatic heterocycles. The van der Waals surface area contributed by atoms with Crippen LogP contribution in [-0.4, -0.2) is 23.5 Å². The number of benzene rings is 2. The molecular formula is C24H22N4O4. The molecule has 0 bridgehead atoms. The van der Waals surface area contributed by atoms with Gasteiger partial charge in [0, 0.05) is 17.3 Å². The summed E-state index contributed by atoms with van der Waals surface area (Å²) in [6, 6.07) is 20.0. The summed E-state index contributed by atoms with van der Waals surface area (Å²) in [4.78, 5) is 24.9. The van der Waals surface area contributed by atoms with Crippen LogP contribution in [0.15, 0.2) is 81.9 Å². The number of nitrogens with zero attached hydrogens (tertiary/aromatic N) is 1. The Bertz CT molecular complexity index is 1200. The largest absolute Gasteiger partial charge is 0.467 e. The normalized spacial score (nSPS) is 10.5. The molecule has 8 nitrogen and oxygen atoms in total. The molecule has 0 fully saturated rings. The summed E-state index contributed by atoms with van der Waals surface area (Å²) in [7, 11) is 0. The zero-order chi connectivity index (χ0) is 22.3. The Morgan fingerprint density at radius 2 is 1.81 bits per heavy atom. The molecule has 2 aromatic heterocycles. The monoisotopic (exact) mass is 430 g/mol. The van der Waals surface area contributed by atoms with Crippen LogP contribution in [0, 0.1) is 6.92 Å². The van der Waals surface area contributed by atoms with Gasteiger partial charge in [0.1, 0.15) is 11.5 Å². The van der Waals surface area contributed by atoms with Crippen LogP contribution in [0.3, 0.4) is 0 Å². The predicted molar refractivity (Wildman–Crippen MR) is 120 cm³/mol. The van der Waals surface area contributed by atoms with Gasteiger partial charge in [0.2, 0.25) is 11.8 Å². The minimum atomic E-state index is -0.331. The lowest BCUT2D eigenvalue weighted by atomic mass is 10.1. The van der Waals surface area contributed by atoms with Gasteiger partial charge in [0.25, 0.3) is 5.91 Å². The lowest BCUT2D eigenvalue weighted by Gasteiger charge is -2.11. The van der Waals surface area contributed by atoms with E-state index in [0.717, 1.165) is 11.1 Å². The standard InChI is InChI=1S/C24H22N4O4/c1-16-8-10-17(11-9-16)21-13-23(32-28-21)27-22(29)15-25-20-7-3-2-6-19(20)24(30)26-14-18-5-4-12-31-18/h2-13,25H,14-15H2,1H3,(H,26,30)(H,27,29). The molecule has 162 valence electrons. The Morgan fingerprint density at radius 3 is 2.59 bits per heavy atom. The average molecular weight is 430 g/mol. The number of aromatic nitrogens is 1. The van der Waals surface area contributed by atoms with Crippen molar-refractivity contribution in [2.45, 2.75) is 13.5 Å². The molecule has 0 atom stereocenters. The van der Waals surface area contributed by atoms with E-state index < -0.39 is 0 Å². The zero-order valence-corrected chi connectivity index (χ0v) is 17.4. The van der Waals surface area contributed by atoms with Crippen LogP contribution >= 0.6 is 0 Å². The van der Waals surface area contributed by atoms with Gasteiger partial charge >= 0.3 is 0 Å². The molecule has 2 aromatic carbocycles. The third-order valence-electron chi connectivity index (χ3n) is 4.73. The number of carbonyl (C=O) groups is 2. The van der Waals surface area contributed by atoms with Crippen molar-refractivity contribution in [1.29, 1.82) is 0 Å². The summed E-state index contributed by atoms with van der Waals surface area (Å²) < 4.78 is 10.4. The van der Waals surface area contributed by atoms with Gasteiger partial charge in [-0.1, -0.05) is 47.1 Å². The number of amides is 2. The number of nitrogens with one attached hydrogen (secondary N) is 3. The zero-order valence-electron chi connectivity index (χ0n) is 17.4. The Labute approximate surface area is 184 Å². The molecule has 0 radical (unpaired) electrons. The third-order valence-corrected chi connectivity index (χ3v) is 4.73. The van der Waals surface area contributed by atoms with Crippen LogP contribution in [0.4, 0.5) is 11.6 Å². The Balaban J connectivity index is 1.33. The van der Waals surface area contributed by atoms with E-state index in [1.165, 1.54) is 0 Å². The summed E-state index contributed by atoms with van der Waals surface area (Å²) in [5, 5.41) is 12.4. The second-order valence-electron chi connectivity index (χ2n) is 7.15. The van der Waals surface area contributed by atoms with Crippen LogP contribution in [0.2, 0.25) is 0 Å². The van der Waals surface area contributed by atoms with Crippen molar-refractivity contribution >= 4 is 23.4 Å². The molecule has 0 saturated carbocycles. The van der Waals surface area contributed by atoms with Crippen LogP contribution in [0.5, 0.6) is 0 Å². The van der Waals surface area contributed by atoms with Gasteiger partial charge in [-0.25, -0.2) is 0 Å². The van der Waals surface area contributed by atoms with E-state index in [9.17, 15) is 9.59 Å². The first-order valence-corrected chi connectivity index (χ1v) is 10.1. The molecule has 4 aromatic rings. The fourth-order valence-corrected chi connectivity index (χ4v) is 3.06. The van der Waals surface area contributed by atoms with Gasteiger partial charge < -0.3 is 19.6 Å². The van der Waals surface area contributed by atoms with E-state index in [4.69, 9.17) is 8.94 Å². The Morgan fingerprint density at radius 1 is 1.00 bits per heavy atom. The average Bonchev–Trinajstić information content (AvgIpc) is 3.49. The molecule has 0 saturated heterocycles. The van der Waals surface area contributed by atoms with E-state index in [-0.39, 0.29) is 30.8 Å². The maximum absolute atomic E-state index is 12.5. The second-order valence-corrected chi connectivity index (χ2v) is 7.15. The summed E-state index contributed by atoms with van der Waals surface area (Å²) in [6.45, 7) is 2.23. The molecule has 4 rings (SSSR count). The van der Waals surface area contributed by atoms with Crippen LogP contribution in [-0.2, 0) is 11.3 Å². The number of carbonyl (C=O) groups excluding carboxylic acids is 2. The van der Waals surface area contributed by atoms with Crippen LogP contribution < -0.4 is 16.0 Å². The van der Waals surface area contributed by atoms with E-state index in [2.05, 4.69) is 21.1 Å². The molecule has 0 aliphatic rings. The van der Waals surface area contributed by atoms with Gasteiger partial charge in [0.05, 0.1) is 24.9 Å². The number of furan rings is 1. The van der Waals surface area contributed by atoms with Gasteiger partial charge in [-0.3, -0.25) is 14.9 Å². The second kappa shape index (κ2) is 9.65. The molecule has 0 aliphatic carbocycles. The van der Waals surface area contributed by atoms with E-state index in [1.807, 2.05) is 31.2 Å². The number of para-hydroxylation sites is 1. The highest BCUT2D eigenvalue weighted by Gasteiger charge is 2.13. The van der Waals surface area contributed by atoms with Crippen molar-refractivity contribution in [1.82, 2.24) is 10.5 Å². The molecule has 2 amide bonds. The quantitative estimate of drug-likeness (QED) is 0.386. The molecule has 0 unspecified atom stereocenters. The first-order chi connectivity index (χ1) is 15.6. The van der Waals surface area contributed by atoms with Crippen molar-refractivity contribution in [2.24, 2.45) is 0 Å². The topological polar surface area (TPSA) is 109 Å². The van der Waals surface area contributed by atoms with Crippen molar-refractivity contribution in [3.8, 4) is 11.3 Å². The molecule has 8 heteroatoms. The highest BCUT2D eigenvalue weighted by molar-refractivity contribution is 6.00. The Hall–Kier alpha value is -4.33. The molecule has 3 N–H and O–H groups in total. The molecule has 32 heavy (non-hydrogen) atoms. The summed E-state index contributed by atoms with van der Waals surface area (Å²) in [6.07, 6.45) is 1.55. The van der Waals surface area contributed by atoms with Gasteiger partial charge in [-0.05, 0) is 31.2 Å².